The summed E-state index contributed by atoms with van der Waals surface area (Å²) in [6.07, 6.45) is 8.01. The van der Waals surface area contributed by atoms with Crippen molar-refractivity contribution in [1.82, 2.24) is 15.0 Å². The number of nitrogens with two attached hydrogens (primary N) is 1. The molecule has 2 aromatic heterocycles. The van der Waals surface area contributed by atoms with Crippen molar-refractivity contribution in [3.05, 3.63) is 41.6 Å². The maximum atomic E-state index is 12.9. The van der Waals surface area contributed by atoms with Crippen molar-refractivity contribution in [3.8, 4) is 0 Å². The minimum Gasteiger partial charge on any atom is -0.384 e. The van der Waals surface area contributed by atoms with Crippen LogP contribution in [0.15, 0.2) is 24.4 Å². The van der Waals surface area contributed by atoms with Crippen LogP contribution in [0.3, 0.4) is 0 Å². The molecule has 4 aliphatic rings. The molecule has 6 rings (SSSR count). The van der Waals surface area contributed by atoms with Crippen LogP contribution in [0.2, 0.25) is 0 Å². The van der Waals surface area contributed by atoms with Crippen LogP contribution in [0.4, 0.5) is 11.5 Å². The zero-order valence-corrected chi connectivity index (χ0v) is 23.2. The SMILES string of the molecule is CC1(C)CC=C(c2nc(C3C[C@@]4(C)O[C@@](C)(C3)[C@@H]3OC(C)(C)O[C@@H]34)ccc2NC(=O)c2ncc(N)[nH]2)CC1. The Kier molecular flexibility index (Phi) is 5.62. The van der Waals surface area contributed by atoms with Gasteiger partial charge in [-0.2, -0.15) is 0 Å². The zero-order valence-electron chi connectivity index (χ0n) is 23.2. The number of fused-ring (bicyclic) bond motifs is 5. The molecule has 3 aliphatic heterocycles. The van der Waals surface area contributed by atoms with Crippen molar-refractivity contribution in [1.29, 1.82) is 0 Å². The molecule has 38 heavy (non-hydrogen) atoms. The van der Waals surface area contributed by atoms with E-state index in [1.807, 2.05) is 26.0 Å². The molecule has 5 heterocycles. The van der Waals surface area contributed by atoms with Crippen molar-refractivity contribution >= 4 is 23.0 Å². The molecule has 0 aromatic carbocycles. The van der Waals surface area contributed by atoms with Crippen molar-refractivity contribution in [2.75, 3.05) is 11.1 Å². The van der Waals surface area contributed by atoms with Crippen LogP contribution in [0.25, 0.3) is 5.57 Å². The Bertz CT molecular complexity index is 1290. The molecule has 4 N–H and O–H groups in total. The Morgan fingerprint density at radius 3 is 2.34 bits per heavy atom. The Morgan fingerprint density at radius 2 is 1.76 bits per heavy atom. The number of nitrogen functional groups attached to an aromatic ring is 1. The summed E-state index contributed by atoms with van der Waals surface area (Å²) in [5.41, 5.74) is 8.75. The van der Waals surface area contributed by atoms with Crippen LogP contribution in [-0.4, -0.2) is 50.1 Å². The molecule has 2 bridgehead atoms. The van der Waals surface area contributed by atoms with Gasteiger partial charge in [-0.1, -0.05) is 19.9 Å². The fourth-order valence-electron chi connectivity index (χ4n) is 6.85. The monoisotopic (exact) mass is 521 g/mol. The van der Waals surface area contributed by atoms with Crippen LogP contribution in [0.1, 0.15) is 102 Å². The second-order valence-corrected chi connectivity index (χ2v) is 13.2. The third-order valence-corrected chi connectivity index (χ3v) is 8.74. The number of hydrogen-bond acceptors (Lipinski definition) is 7. The van der Waals surface area contributed by atoms with Crippen molar-refractivity contribution in [3.63, 3.8) is 0 Å². The highest BCUT2D eigenvalue weighted by Gasteiger charge is 2.68. The summed E-state index contributed by atoms with van der Waals surface area (Å²) in [5, 5.41) is 3.02. The highest BCUT2D eigenvalue weighted by molar-refractivity contribution is 6.03. The van der Waals surface area contributed by atoms with Crippen molar-refractivity contribution in [2.24, 2.45) is 5.41 Å². The summed E-state index contributed by atoms with van der Waals surface area (Å²) >= 11 is 0. The fourth-order valence-corrected chi connectivity index (χ4v) is 6.85. The average Bonchev–Trinajstić information content (AvgIpc) is 3.45. The molecule has 1 amide bonds. The number of rotatable bonds is 4. The van der Waals surface area contributed by atoms with E-state index < -0.39 is 17.0 Å². The maximum Gasteiger partial charge on any atom is 0.291 e. The molecule has 5 atom stereocenters. The van der Waals surface area contributed by atoms with Gasteiger partial charge in [0.2, 0.25) is 0 Å². The van der Waals surface area contributed by atoms with Gasteiger partial charge in [0, 0.05) is 11.6 Å². The molecule has 9 heteroatoms. The van der Waals surface area contributed by atoms with Crippen LogP contribution < -0.4 is 11.1 Å². The first-order valence-electron chi connectivity index (χ1n) is 13.6. The minimum atomic E-state index is -0.611. The van der Waals surface area contributed by atoms with Crippen molar-refractivity contribution in [2.45, 2.75) is 109 Å². The van der Waals surface area contributed by atoms with E-state index in [0.29, 0.717) is 11.5 Å². The second kappa shape index (κ2) is 8.37. The summed E-state index contributed by atoms with van der Waals surface area (Å²) in [6.45, 7) is 12.8. The Hall–Kier alpha value is -2.75. The highest BCUT2D eigenvalue weighted by atomic mass is 16.8. The predicted molar refractivity (Wildman–Crippen MR) is 144 cm³/mol. The molecule has 3 saturated heterocycles. The normalized spacial score (nSPS) is 35.0. The summed E-state index contributed by atoms with van der Waals surface area (Å²) < 4.78 is 19.3. The van der Waals surface area contributed by atoms with Crippen molar-refractivity contribution < 1.29 is 19.0 Å². The van der Waals surface area contributed by atoms with Crippen LogP contribution in [0.5, 0.6) is 0 Å². The van der Waals surface area contributed by atoms with Gasteiger partial charge in [-0.25, -0.2) is 4.98 Å². The number of nitrogens with one attached hydrogen (secondary N) is 2. The van der Waals surface area contributed by atoms with Gasteiger partial charge in [0.25, 0.3) is 5.91 Å². The number of amides is 1. The first-order chi connectivity index (χ1) is 17.8. The molecule has 204 valence electrons. The molecule has 1 unspecified atom stereocenters. The Morgan fingerprint density at radius 1 is 1.08 bits per heavy atom. The molecular formula is C29H39N5O4. The molecule has 0 saturated carbocycles. The lowest BCUT2D eigenvalue weighted by Gasteiger charge is -2.43. The third-order valence-electron chi connectivity index (χ3n) is 8.74. The number of carbonyl (C=O) groups excluding carboxylic acids is 1. The number of pyridine rings is 1. The van der Waals surface area contributed by atoms with E-state index in [9.17, 15) is 4.79 Å². The van der Waals surface area contributed by atoms with E-state index in [1.54, 1.807) is 0 Å². The summed E-state index contributed by atoms with van der Waals surface area (Å²) in [4.78, 5) is 25.0. The number of allylic oxidation sites excluding steroid dienone is 2. The van der Waals surface area contributed by atoms with Gasteiger partial charge in [-0.05, 0) is 82.9 Å². The van der Waals surface area contributed by atoms with Gasteiger partial charge in [0.15, 0.2) is 11.6 Å². The molecule has 0 spiro atoms. The molecule has 3 fully saturated rings. The van der Waals surface area contributed by atoms with Gasteiger partial charge in [-0.3, -0.25) is 9.78 Å². The van der Waals surface area contributed by atoms with Gasteiger partial charge >= 0.3 is 0 Å². The lowest BCUT2D eigenvalue weighted by molar-refractivity contribution is -0.242. The number of imidazole rings is 1. The summed E-state index contributed by atoms with van der Waals surface area (Å²) in [7, 11) is 0. The molecule has 0 radical (unpaired) electrons. The lowest BCUT2D eigenvalue weighted by atomic mass is 9.77. The third kappa shape index (κ3) is 4.34. The second-order valence-electron chi connectivity index (χ2n) is 13.2. The number of H-pyrrole nitrogens is 1. The minimum absolute atomic E-state index is 0.116. The van der Waals surface area contributed by atoms with Gasteiger partial charge in [0.1, 0.15) is 18.0 Å². The molecule has 2 aromatic rings. The number of aromatic amines is 1. The Labute approximate surface area is 223 Å². The largest absolute Gasteiger partial charge is 0.384 e. The van der Waals surface area contributed by atoms with E-state index >= 15 is 0 Å². The van der Waals surface area contributed by atoms with Crippen LogP contribution >= 0.6 is 0 Å². The van der Waals surface area contributed by atoms with Gasteiger partial charge < -0.3 is 30.2 Å². The van der Waals surface area contributed by atoms with Crippen LogP contribution in [-0.2, 0) is 14.2 Å². The van der Waals surface area contributed by atoms with E-state index in [2.05, 4.69) is 49.1 Å². The zero-order chi connectivity index (χ0) is 27.1. The number of aromatic nitrogens is 3. The number of nitrogens with zero attached hydrogens (tertiary/aromatic N) is 2. The van der Waals surface area contributed by atoms with Gasteiger partial charge in [0.05, 0.1) is 28.8 Å². The number of carbonyl (C=O) groups is 1. The summed E-state index contributed by atoms with van der Waals surface area (Å²) in [5.74, 6) is -0.262. The smallest absolute Gasteiger partial charge is 0.291 e. The number of anilines is 2. The lowest BCUT2D eigenvalue weighted by Crippen LogP contribution is -2.46. The highest BCUT2D eigenvalue weighted by Crippen LogP contribution is 2.58. The van der Waals surface area contributed by atoms with E-state index in [-0.39, 0.29) is 35.3 Å². The average molecular weight is 522 g/mol. The molecule has 1 aliphatic carbocycles. The van der Waals surface area contributed by atoms with E-state index in [4.69, 9.17) is 24.9 Å². The topological polar surface area (TPSA) is 124 Å². The van der Waals surface area contributed by atoms with Crippen LogP contribution in [0, 0.1) is 5.41 Å². The molecular weight excluding hydrogens is 482 g/mol. The first kappa shape index (κ1) is 25.5. The number of hydrogen-bond donors (Lipinski definition) is 3. The van der Waals surface area contributed by atoms with E-state index in [0.717, 1.165) is 49.1 Å². The first-order valence-corrected chi connectivity index (χ1v) is 13.6. The predicted octanol–water partition coefficient (Wildman–Crippen LogP) is 5.18. The van der Waals surface area contributed by atoms with E-state index in [1.165, 1.54) is 6.20 Å². The quantitative estimate of drug-likeness (QED) is 0.506. The number of ether oxygens (including phenoxy) is 3. The van der Waals surface area contributed by atoms with Gasteiger partial charge in [-0.15, -0.1) is 0 Å². The maximum absolute atomic E-state index is 12.9. The fraction of sp³-hybridized carbons (Fsp3) is 0.621. The summed E-state index contributed by atoms with van der Waals surface area (Å²) in [6, 6.07) is 4.01. The standard InChI is InChI=1S/C29H39N5O4/c1-26(2)11-9-16(10-12-26)21-19(33-25(35)24-31-15-20(30)34-24)8-7-18(32-21)17-13-28(5)22-23(29(6,14-17)38-28)37-27(3,4)36-22/h7-9,15,17,22-23H,10-14,30H2,1-6H3,(H,31,34)(H,33,35)/t17?,22-,23+,28+,29-. The Balaban J connectivity index is 1.33. The molecule has 9 nitrogen and oxygen atoms in total.